The molecule has 2 heterocycles. The molecule has 0 saturated heterocycles. The lowest BCUT2D eigenvalue weighted by atomic mass is 9.92. The van der Waals surface area contributed by atoms with Gasteiger partial charge in [-0.3, -0.25) is 0 Å². The number of allylic oxidation sites excluding steroid dienone is 2. The highest BCUT2D eigenvalue weighted by atomic mass is 79.9. The molecule has 0 spiro atoms. The van der Waals surface area contributed by atoms with Crippen molar-refractivity contribution in [2.75, 3.05) is 0 Å². The van der Waals surface area contributed by atoms with E-state index >= 15 is 0 Å². The highest BCUT2D eigenvalue weighted by Crippen LogP contribution is 2.24. The fourth-order valence-electron chi connectivity index (χ4n) is 2.37. The second kappa shape index (κ2) is 5.02. The van der Waals surface area contributed by atoms with Gasteiger partial charge in [-0.2, -0.15) is 5.10 Å². The highest BCUT2D eigenvalue weighted by molar-refractivity contribution is 9.10. The third-order valence-electron chi connectivity index (χ3n) is 3.26. The van der Waals surface area contributed by atoms with Crippen LogP contribution in [0.2, 0.25) is 5.15 Å². The molecule has 2 aromatic rings. The topological polar surface area (TPSA) is 30.2 Å². The Bertz CT molecular complexity index is 606. The molecule has 2 aromatic heterocycles. The normalized spacial score (nSPS) is 19.6. The Labute approximate surface area is 119 Å². The molecule has 18 heavy (non-hydrogen) atoms. The van der Waals surface area contributed by atoms with Crippen molar-refractivity contribution >= 4 is 33.2 Å². The van der Waals surface area contributed by atoms with E-state index in [1.54, 1.807) is 10.7 Å². The Morgan fingerprint density at radius 1 is 1.50 bits per heavy atom. The minimum Gasteiger partial charge on any atom is -0.232 e. The van der Waals surface area contributed by atoms with E-state index in [4.69, 9.17) is 11.6 Å². The molecule has 1 aliphatic rings. The van der Waals surface area contributed by atoms with Gasteiger partial charge in [0.25, 0.3) is 0 Å². The van der Waals surface area contributed by atoms with Crippen molar-refractivity contribution < 1.29 is 0 Å². The lowest BCUT2D eigenvalue weighted by molar-refractivity contribution is 0.533. The molecule has 3 nitrogen and oxygen atoms in total. The summed E-state index contributed by atoms with van der Waals surface area (Å²) >= 11 is 9.66. The predicted octanol–water partition coefficient (Wildman–Crippen LogP) is 4.04. The van der Waals surface area contributed by atoms with Crippen molar-refractivity contribution in [2.45, 2.75) is 25.7 Å². The van der Waals surface area contributed by atoms with Crippen LogP contribution < -0.4 is 0 Å². The standard InChI is InChI=1S/C13H13BrClN3/c14-11-8-16-18-12(15)7-10(17-13(11)18)6-9-4-2-1-3-5-9/h2,4,7-9H,1,3,5-6H2. The fraction of sp³-hybridized carbons (Fsp3) is 0.385. The summed E-state index contributed by atoms with van der Waals surface area (Å²) in [7, 11) is 0. The van der Waals surface area contributed by atoms with Crippen molar-refractivity contribution in [3.05, 3.63) is 39.7 Å². The third kappa shape index (κ3) is 2.31. The van der Waals surface area contributed by atoms with Crippen molar-refractivity contribution in [1.29, 1.82) is 0 Å². The number of rotatable bonds is 2. The molecule has 0 aliphatic heterocycles. The highest BCUT2D eigenvalue weighted by Gasteiger charge is 2.13. The van der Waals surface area contributed by atoms with Crippen molar-refractivity contribution in [2.24, 2.45) is 5.92 Å². The van der Waals surface area contributed by atoms with Crippen LogP contribution in [0.3, 0.4) is 0 Å². The molecule has 0 amide bonds. The van der Waals surface area contributed by atoms with Gasteiger partial charge in [-0.05, 0) is 53.6 Å². The van der Waals surface area contributed by atoms with E-state index in [1.165, 1.54) is 19.3 Å². The number of hydrogen-bond acceptors (Lipinski definition) is 2. The fourth-order valence-corrected chi connectivity index (χ4v) is 2.97. The maximum Gasteiger partial charge on any atom is 0.171 e. The van der Waals surface area contributed by atoms with Gasteiger partial charge in [0, 0.05) is 5.69 Å². The van der Waals surface area contributed by atoms with E-state index in [0.717, 1.165) is 22.2 Å². The van der Waals surface area contributed by atoms with Gasteiger partial charge in [0.1, 0.15) is 5.15 Å². The molecule has 1 atom stereocenters. The molecule has 0 saturated carbocycles. The van der Waals surface area contributed by atoms with E-state index in [9.17, 15) is 0 Å². The monoisotopic (exact) mass is 325 g/mol. The summed E-state index contributed by atoms with van der Waals surface area (Å²) < 4.78 is 2.52. The maximum atomic E-state index is 6.21. The zero-order chi connectivity index (χ0) is 12.5. The van der Waals surface area contributed by atoms with Gasteiger partial charge in [-0.15, -0.1) is 0 Å². The molecule has 0 fully saturated rings. The van der Waals surface area contributed by atoms with Gasteiger partial charge in [-0.25, -0.2) is 9.50 Å². The van der Waals surface area contributed by atoms with Gasteiger partial charge < -0.3 is 0 Å². The smallest absolute Gasteiger partial charge is 0.171 e. The average Bonchev–Trinajstić information content (AvgIpc) is 2.73. The average molecular weight is 327 g/mol. The first-order chi connectivity index (χ1) is 8.74. The second-order valence-corrected chi connectivity index (χ2v) is 5.86. The number of nitrogens with zero attached hydrogens (tertiary/aromatic N) is 3. The van der Waals surface area contributed by atoms with Crippen LogP contribution in [0.15, 0.2) is 28.9 Å². The summed E-state index contributed by atoms with van der Waals surface area (Å²) in [5.41, 5.74) is 1.82. The SMILES string of the molecule is Clc1cc(CC2C=CCCC2)nc2c(Br)cnn12. The largest absolute Gasteiger partial charge is 0.232 e. The number of fused-ring (bicyclic) bond motifs is 1. The van der Waals surface area contributed by atoms with Crippen LogP contribution in [-0.2, 0) is 6.42 Å². The van der Waals surface area contributed by atoms with Crippen molar-refractivity contribution in [1.82, 2.24) is 14.6 Å². The minimum absolute atomic E-state index is 0.589. The van der Waals surface area contributed by atoms with Crippen LogP contribution in [0, 0.1) is 5.92 Å². The van der Waals surface area contributed by atoms with Crippen LogP contribution in [-0.4, -0.2) is 14.6 Å². The van der Waals surface area contributed by atoms with Crippen LogP contribution in [0.1, 0.15) is 25.0 Å². The van der Waals surface area contributed by atoms with Crippen LogP contribution in [0.5, 0.6) is 0 Å². The summed E-state index contributed by atoms with van der Waals surface area (Å²) in [6.07, 6.45) is 11.0. The molecule has 5 heteroatoms. The van der Waals surface area contributed by atoms with Gasteiger partial charge in [0.15, 0.2) is 5.65 Å². The molecule has 1 aliphatic carbocycles. The Hall–Kier alpha value is -0.870. The van der Waals surface area contributed by atoms with E-state index in [0.29, 0.717) is 11.1 Å². The first-order valence-corrected chi connectivity index (χ1v) is 7.26. The summed E-state index contributed by atoms with van der Waals surface area (Å²) in [6, 6.07) is 1.91. The van der Waals surface area contributed by atoms with Crippen LogP contribution in [0.4, 0.5) is 0 Å². The number of hydrogen-bond donors (Lipinski definition) is 0. The predicted molar refractivity (Wildman–Crippen MR) is 75.9 cm³/mol. The molecule has 0 radical (unpaired) electrons. The van der Waals surface area contributed by atoms with Gasteiger partial charge in [0.2, 0.25) is 0 Å². The summed E-state index contributed by atoms with van der Waals surface area (Å²) in [6.45, 7) is 0. The first kappa shape index (κ1) is 12.2. The zero-order valence-corrected chi connectivity index (χ0v) is 12.2. The lowest BCUT2D eigenvalue weighted by Gasteiger charge is -2.15. The Kier molecular flexibility index (Phi) is 3.39. The van der Waals surface area contributed by atoms with Crippen molar-refractivity contribution in [3.63, 3.8) is 0 Å². The van der Waals surface area contributed by atoms with Crippen molar-refractivity contribution in [3.8, 4) is 0 Å². The van der Waals surface area contributed by atoms with E-state index in [2.05, 4.69) is 38.2 Å². The molecule has 94 valence electrons. The molecule has 1 unspecified atom stereocenters. The van der Waals surface area contributed by atoms with E-state index in [1.807, 2.05) is 6.07 Å². The van der Waals surface area contributed by atoms with Crippen LogP contribution in [0.25, 0.3) is 5.65 Å². The molecule has 3 rings (SSSR count). The Morgan fingerprint density at radius 2 is 2.39 bits per heavy atom. The minimum atomic E-state index is 0.589. The number of halogens is 2. The molecule has 0 aromatic carbocycles. The quantitative estimate of drug-likeness (QED) is 0.616. The molecular formula is C13H13BrClN3. The zero-order valence-electron chi connectivity index (χ0n) is 9.81. The first-order valence-electron chi connectivity index (χ1n) is 6.09. The lowest BCUT2D eigenvalue weighted by Crippen LogP contribution is -2.07. The van der Waals surface area contributed by atoms with Gasteiger partial charge in [-0.1, -0.05) is 23.8 Å². The molecule has 0 bridgehead atoms. The van der Waals surface area contributed by atoms with Gasteiger partial charge >= 0.3 is 0 Å². The summed E-state index contributed by atoms with van der Waals surface area (Å²) in [5, 5.41) is 4.78. The van der Waals surface area contributed by atoms with Crippen LogP contribution >= 0.6 is 27.5 Å². The Balaban J connectivity index is 1.94. The van der Waals surface area contributed by atoms with E-state index in [-0.39, 0.29) is 0 Å². The third-order valence-corrected chi connectivity index (χ3v) is 4.09. The summed E-state index contributed by atoms with van der Waals surface area (Å²) in [5.74, 6) is 0.589. The second-order valence-electron chi connectivity index (χ2n) is 4.62. The number of aromatic nitrogens is 3. The van der Waals surface area contributed by atoms with Gasteiger partial charge in [0.05, 0.1) is 10.7 Å². The molecule has 0 N–H and O–H groups in total. The van der Waals surface area contributed by atoms with E-state index < -0.39 is 0 Å². The Morgan fingerprint density at radius 3 is 3.17 bits per heavy atom. The maximum absolute atomic E-state index is 6.21. The summed E-state index contributed by atoms with van der Waals surface area (Å²) in [4.78, 5) is 4.62. The molecular weight excluding hydrogens is 314 g/mol.